The summed E-state index contributed by atoms with van der Waals surface area (Å²) in [5.41, 5.74) is 0. The van der Waals surface area contributed by atoms with Crippen molar-refractivity contribution in [2.75, 3.05) is 39.8 Å². The molecule has 0 radical (unpaired) electrons. The molecule has 1 aliphatic heterocycles. The third-order valence-electron chi connectivity index (χ3n) is 3.99. The maximum Gasteiger partial charge on any atom is 0.373 e. The molecular formula is C15H22F2N2O3. The van der Waals surface area contributed by atoms with Gasteiger partial charge in [0.2, 0.25) is 5.76 Å². The van der Waals surface area contributed by atoms with Crippen LogP contribution in [-0.4, -0.2) is 62.0 Å². The highest BCUT2D eigenvalue weighted by molar-refractivity contribution is 5.86. The number of rotatable bonds is 5. The van der Waals surface area contributed by atoms with Crippen molar-refractivity contribution in [1.29, 1.82) is 0 Å². The Kier molecular flexibility index (Phi) is 5.90. The molecule has 0 saturated carbocycles. The molecule has 1 aromatic heterocycles. The fourth-order valence-electron chi connectivity index (χ4n) is 2.72. The minimum absolute atomic E-state index is 0.00935. The first-order chi connectivity index (χ1) is 10.5. The molecule has 0 spiro atoms. The van der Waals surface area contributed by atoms with Crippen LogP contribution < -0.4 is 0 Å². The van der Waals surface area contributed by atoms with Crippen LogP contribution in [0, 0.1) is 0 Å². The lowest BCUT2D eigenvalue weighted by molar-refractivity contribution is 0.0559. The summed E-state index contributed by atoms with van der Waals surface area (Å²) in [7, 11) is 1.31. The molecule has 1 atom stereocenters. The van der Waals surface area contributed by atoms with Crippen LogP contribution in [-0.2, 0) is 4.74 Å². The summed E-state index contributed by atoms with van der Waals surface area (Å²) >= 11 is 0. The van der Waals surface area contributed by atoms with E-state index in [2.05, 4.69) is 9.64 Å². The Morgan fingerprint density at radius 2 is 2.09 bits per heavy atom. The van der Waals surface area contributed by atoms with Crippen LogP contribution >= 0.6 is 0 Å². The fourth-order valence-corrected chi connectivity index (χ4v) is 2.72. The number of nitrogens with zero attached hydrogens (tertiary/aromatic N) is 2. The molecule has 1 saturated heterocycles. The standard InChI is InChI=1S/C15H22F2N2O3/c1-11(12-4-5-13(22-12)15(20)21-2)19-7-3-6-18(8-9-19)10-14(16)17/h4-5,11,14H,3,6-10H2,1-2H3. The Labute approximate surface area is 128 Å². The van der Waals surface area contributed by atoms with Gasteiger partial charge in [-0.15, -0.1) is 0 Å². The second-order valence-electron chi connectivity index (χ2n) is 5.45. The molecule has 22 heavy (non-hydrogen) atoms. The van der Waals surface area contributed by atoms with Crippen LogP contribution in [0.1, 0.15) is 35.7 Å². The van der Waals surface area contributed by atoms with Crippen molar-refractivity contribution >= 4 is 5.97 Å². The number of halogens is 2. The minimum Gasteiger partial charge on any atom is -0.463 e. The summed E-state index contributed by atoms with van der Waals surface area (Å²) in [6.45, 7) is 4.62. The molecule has 2 rings (SSSR count). The Morgan fingerprint density at radius 1 is 1.32 bits per heavy atom. The number of alkyl halides is 2. The van der Waals surface area contributed by atoms with Gasteiger partial charge in [0.1, 0.15) is 5.76 Å². The van der Waals surface area contributed by atoms with Crippen molar-refractivity contribution in [3.63, 3.8) is 0 Å². The van der Waals surface area contributed by atoms with E-state index in [-0.39, 0.29) is 18.3 Å². The molecule has 7 heteroatoms. The van der Waals surface area contributed by atoms with Gasteiger partial charge in [-0.1, -0.05) is 0 Å². The van der Waals surface area contributed by atoms with Crippen molar-refractivity contribution in [1.82, 2.24) is 9.80 Å². The monoisotopic (exact) mass is 316 g/mol. The maximum atomic E-state index is 12.5. The zero-order valence-electron chi connectivity index (χ0n) is 12.9. The summed E-state index contributed by atoms with van der Waals surface area (Å²) < 4.78 is 35.1. The molecule has 1 unspecified atom stereocenters. The molecular weight excluding hydrogens is 294 g/mol. The van der Waals surface area contributed by atoms with Crippen LogP contribution in [0.2, 0.25) is 0 Å². The van der Waals surface area contributed by atoms with Gasteiger partial charge in [-0.25, -0.2) is 13.6 Å². The predicted octanol–water partition coefficient (Wildman–Crippen LogP) is 2.40. The largest absolute Gasteiger partial charge is 0.463 e. The number of methoxy groups -OCH3 is 1. The molecule has 5 nitrogen and oxygen atoms in total. The normalized spacial score (nSPS) is 19.1. The molecule has 1 aliphatic rings. The third kappa shape index (κ3) is 4.27. The topological polar surface area (TPSA) is 45.9 Å². The predicted molar refractivity (Wildman–Crippen MR) is 77.1 cm³/mol. The van der Waals surface area contributed by atoms with Crippen molar-refractivity contribution in [3.05, 3.63) is 23.7 Å². The van der Waals surface area contributed by atoms with Gasteiger partial charge >= 0.3 is 5.97 Å². The highest BCUT2D eigenvalue weighted by atomic mass is 19.3. The average Bonchev–Trinajstić information content (AvgIpc) is 2.87. The maximum absolute atomic E-state index is 12.5. The first-order valence-electron chi connectivity index (χ1n) is 7.44. The van der Waals surface area contributed by atoms with E-state index in [0.717, 1.165) is 13.0 Å². The third-order valence-corrected chi connectivity index (χ3v) is 3.99. The SMILES string of the molecule is COC(=O)c1ccc(C(C)N2CCCN(CC(F)F)CC2)o1. The van der Waals surface area contributed by atoms with E-state index in [1.807, 2.05) is 6.92 Å². The average molecular weight is 316 g/mol. The van der Waals surface area contributed by atoms with Crippen LogP contribution in [0.5, 0.6) is 0 Å². The summed E-state index contributed by atoms with van der Waals surface area (Å²) in [5.74, 6) is 0.360. The first kappa shape index (κ1) is 16.9. The molecule has 1 aromatic rings. The number of carbonyl (C=O) groups excluding carboxylic acids is 1. The minimum atomic E-state index is -2.29. The molecule has 1 fully saturated rings. The van der Waals surface area contributed by atoms with Gasteiger partial charge in [0.25, 0.3) is 6.43 Å². The number of ether oxygens (including phenoxy) is 1. The van der Waals surface area contributed by atoms with E-state index < -0.39 is 12.4 Å². The summed E-state index contributed by atoms with van der Waals surface area (Å²) in [6, 6.07) is 3.35. The van der Waals surface area contributed by atoms with Crippen molar-refractivity contribution in [2.24, 2.45) is 0 Å². The van der Waals surface area contributed by atoms with Gasteiger partial charge < -0.3 is 9.15 Å². The van der Waals surface area contributed by atoms with Gasteiger partial charge in [0, 0.05) is 19.6 Å². The molecule has 0 N–H and O–H groups in total. The molecule has 124 valence electrons. The Hall–Kier alpha value is -1.47. The Morgan fingerprint density at radius 3 is 2.77 bits per heavy atom. The Bertz CT molecular complexity index is 493. The highest BCUT2D eigenvalue weighted by Crippen LogP contribution is 2.24. The number of hydrogen-bond acceptors (Lipinski definition) is 5. The van der Waals surface area contributed by atoms with E-state index in [9.17, 15) is 13.6 Å². The number of hydrogen-bond donors (Lipinski definition) is 0. The second-order valence-corrected chi connectivity index (χ2v) is 5.45. The van der Waals surface area contributed by atoms with E-state index in [1.54, 1.807) is 17.0 Å². The molecule has 0 aliphatic carbocycles. The molecule has 2 heterocycles. The molecule has 0 amide bonds. The van der Waals surface area contributed by atoms with Gasteiger partial charge in [-0.3, -0.25) is 9.80 Å². The van der Waals surface area contributed by atoms with Crippen molar-refractivity contribution < 1.29 is 22.7 Å². The smallest absolute Gasteiger partial charge is 0.373 e. The van der Waals surface area contributed by atoms with Gasteiger partial charge in [-0.05, 0) is 32.0 Å². The van der Waals surface area contributed by atoms with Gasteiger partial charge in [0.05, 0.1) is 19.7 Å². The van der Waals surface area contributed by atoms with Crippen LogP contribution in [0.4, 0.5) is 8.78 Å². The Balaban J connectivity index is 1.96. The number of furan rings is 1. The van der Waals surface area contributed by atoms with Crippen molar-refractivity contribution in [3.8, 4) is 0 Å². The summed E-state index contributed by atoms with van der Waals surface area (Å²) in [6.07, 6.45) is -1.46. The highest BCUT2D eigenvalue weighted by Gasteiger charge is 2.24. The second kappa shape index (κ2) is 7.69. The molecule has 0 aromatic carbocycles. The number of esters is 1. The van der Waals surface area contributed by atoms with Crippen LogP contribution in [0.3, 0.4) is 0 Å². The van der Waals surface area contributed by atoms with Gasteiger partial charge in [0.15, 0.2) is 0 Å². The quantitative estimate of drug-likeness (QED) is 0.781. The van der Waals surface area contributed by atoms with E-state index in [0.29, 0.717) is 25.4 Å². The fraction of sp³-hybridized carbons (Fsp3) is 0.667. The summed E-state index contributed by atoms with van der Waals surface area (Å²) in [4.78, 5) is 15.4. The lowest BCUT2D eigenvalue weighted by atomic mass is 10.2. The van der Waals surface area contributed by atoms with E-state index in [1.165, 1.54) is 7.11 Å². The first-order valence-corrected chi connectivity index (χ1v) is 7.44. The van der Waals surface area contributed by atoms with E-state index >= 15 is 0 Å². The lowest BCUT2D eigenvalue weighted by Gasteiger charge is -2.26. The summed E-state index contributed by atoms with van der Waals surface area (Å²) in [5, 5.41) is 0. The zero-order valence-corrected chi connectivity index (χ0v) is 12.9. The lowest BCUT2D eigenvalue weighted by Crippen LogP contribution is -2.34. The van der Waals surface area contributed by atoms with Gasteiger partial charge in [-0.2, -0.15) is 0 Å². The van der Waals surface area contributed by atoms with E-state index in [4.69, 9.17) is 4.42 Å². The molecule has 0 bridgehead atoms. The van der Waals surface area contributed by atoms with Crippen molar-refractivity contribution in [2.45, 2.75) is 25.8 Å². The van der Waals surface area contributed by atoms with Crippen LogP contribution in [0.15, 0.2) is 16.5 Å². The van der Waals surface area contributed by atoms with Crippen LogP contribution in [0.25, 0.3) is 0 Å². The zero-order chi connectivity index (χ0) is 16.1. The number of carbonyl (C=O) groups is 1.